The maximum absolute atomic E-state index is 4.58. The van der Waals surface area contributed by atoms with Crippen LogP contribution in [0.5, 0.6) is 0 Å². The Hall–Kier alpha value is -0.760. The van der Waals surface area contributed by atoms with E-state index in [2.05, 4.69) is 44.8 Å². The lowest BCUT2D eigenvalue weighted by Crippen LogP contribution is -1.92. The average molecular weight is 207 g/mol. The lowest BCUT2D eigenvalue weighted by atomic mass is 10.2. The molecule has 76 valence electrons. The Morgan fingerprint density at radius 3 is 2.50 bits per heavy atom. The molecule has 1 nitrogen and oxygen atoms in total. The summed E-state index contributed by atoms with van der Waals surface area (Å²) in [4.78, 5) is 4.58. The number of para-hydroxylation sites is 1. The molecule has 0 atom stereocenters. The number of rotatable bonds is 2. The van der Waals surface area contributed by atoms with Gasteiger partial charge < -0.3 is 0 Å². The van der Waals surface area contributed by atoms with E-state index < -0.39 is 0 Å². The fraction of sp³-hybridized carbons (Fsp3) is 0.417. The van der Waals surface area contributed by atoms with Gasteiger partial charge in [0, 0.05) is 5.25 Å². The van der Waals surface area contributed by atoms with Gasteiger partial charge in [0.25, 0.3) is 0 Å². The van der Waals surface area contributed by atoms with Gasteiger partial charge in [-0.25, -0.2) is 4.99 Å². The highest BCUT2D eigenvalue weighted by Gasteiger charge is 1.99. The fourth-order valence-corrected chi connectivity index (χ4v) is 2.06. The van der Waals surface area contributed by atoms with E-state index in [1.54, 1.807) is 0 Å². The van der Waals surface area contributed by atoms with Crippen molar-refractivity contribution in [1.82, 2.24) is 0 Å². The van der Waals surface area contributed by atoms with E-state index in [9.17, 15) is 0 Å². The summed E-state index contributed by atoms with van der Waals surface area (Å²) in [5, 5.41) is 1.73. The van der Waals surface area contributed by atoms with Crippen LogP contribution in [0, 0.1) is 6.92 Å². The summed E-state index contributed by atoms with van der Waals surface area (Å²) >= 11 is 1.81. The smallest absolute Gasteiger partial charge is 0.0710 e. The van der Waals surface area contributed by atoms with E-state index in [0.29, 0.717) is 5.25 Å². The van der Waals surface area contributed by atoms with Crippen LogP contribution < -0.4 is 0 Å². The minimum absolute atomic E-state index is 0.600. The number of hydrogen-bond acceptors (Lipinski definition) is 2. The van der Waals surface area contributed by atoms with Crippen LogP contribution in [0.15, 0.2) is 29.3 Å². The number of thioether (sulfide) groups is 1. The first-order valence-electron chi connectivity index (χ1n) is 4.87. The van der Waals surface area contributed by atoms with Gasteiger partial charge in [-0.1, -0.05) is 32.0 Å². The molecule has 0 aromatic heterocycles. The van der Waals surface area contributed by atoms with Gasteiger partial charge in [-0.15, -0.1) is 11.8 Å². The fourth-order valence-electron chi connectivity index (χ4n) is 1.23. The van der Waals surface area contributed by atoms with Crippen molar-refractivity contribution in [3.8, 4) is 0 Å². The van der Waals surface area contributed by atoms with Crippen molar-refractivity contribution in [3.05, 3.63) is 29.8 Å². The molecule has 0 unspecified atom stereocenters. The Balaban J connectivity index is 2.81. The van der Waals surface area contributed by atoms with Crippen LogP contribution >= 0.6 is 11.8 Å². The zero-order chi connectivity index (χ0) is 10.6. The molecule has 0 spiro atoms. The minimum Gasteiger partial charge on any atom is -0.247 e. The molecule has 2 heteroatoms. The Bertz CT molecular complexity index is 329. The molecule has 0 fully saturated rings. The van der Waals surface area contributed by atoms with E-state index in [0.717, 1.165) is 10.7 Å². The Labute approximate surface area is 90.6 Å². The Kier molecular flexibility index (Phi) is 4.21. The van der Waals surface area contributed by atoms with Crippen LogP contribution in [0.3, 0.4) is 0 Å². The van der Waals surface area contributed by atoms with E-state index in [4.69, 9.17) is 0 Å². The van der Waals surface area contributed by atoms with Gasteiger partial charge in [0.2, 0.25) is 0 Å². The molecule has 0 heterocycles. The van der Waals surface area contributed by atoms with E-state index in [1.165, 1.54) is 5.56 Å². The van der Waals surface area contributed by atoms with Crippen molar-refractivity contribution < 1.29 is 0 Å². The summed E-state index contributed by atoms with van der Waals surface area (Å²) < 4.78 is 0. The van der Waals surface area contributed by atoms with Crippen LogP contribution in [0.1, 0.15) is 26.3 Å². The summed E-state index contributed by atoms with van der Waals surface area (Å²) in [6, 6.07) is 8.21. The minimum atomic E-state index is 0.600. The quantitative estimate of drug-likeness (QED) is 0.523. The molecule has 0 radical (unpaired) electrons. The molecule has 1 aromatic rings. The second kappa shape index (κ2) is 5.20. The molecular weight excluding hydrogens is 190 g/mol. The first-order valence-corrected chi connectivity index (χ1v) is 5.75. The van der Waals surface area contributed by atoms with E-state index in [-0.39, 0.29) is 0 Å². The molecule has 0 N–H and O–H groups in total. The standard InChI is InChI=1S/C12H17NS/c1-9(2)14-11(4)13-12-8-6-5-7-10(12)3/h5-9H,1-4H3/b13-11+. The van der Waals surface area contributed by atoms with Crippen LogP contribution in [0.4, 0.5) is 5.69 Å². The predicted octanol–water partition coefficient (Wildman–Crippen LogP) is 4.19. The summed E-state index contributed by atoms with van der Waals surface area (Å²) in [7, 11) is 0. The predicted molar refractivity (Wildman–Crippen MR) is 66.7 cm³/mol. The van der Waals surface area contributed by atoms with Crippen LogP contribution in [-0.4, -0.2) is 10.3 Å². The summed E-state index contributed by atoms with van der Waals surface area (Å²) in [6.07, 6.45) is 0. The van der Waals surface area contributed by atoms with Gasteiger partial charge in [0.05, 0.1) is 10.7 Å². The van der Waals surface area contributed by atoms with Crippen LogP contribution in [-0.2, 0) is 0 Å². The highest BCUT2D eigenvalue weighted by Crippen LogP contribution is 2.21. The zero-order valence-corrected chi connectivity index (χ0v) is 10.1. The number of aryl methyl sites for hydroxylation is 1. The van der Waals surface area contributed by atoms with Gasteiger partial charge in [-0.05, 0) is 25.5 Å². The maximum Gasteiger partial charge on any atom is 0.0710 e. The molecular formula is C12H17NS. The highest BCUT2D eigenvalue weighted by atomic mass is 32.2. The lowest BCUT2D eigenvalue weighted by molar-refractivity contribution is 1.12. The molecule has 1 aromatic carbocycles. The molecule has 0 aliphatic rings. The zero-order valence-electron chi connectivity index (χ0n) is 9.24. The largest absolute Gasteiger partial charge is 0.247 e. The second-order valence-electron chi connectivity index (χ2n) is 3.58. The molecule has 1 rings (SSSR count). The summed E-state index contributed by atoms with van der Waals surface area (Å²) in [5.74, 6) is 0. The Morgan fingerprint density at radius 2 is 1.93 bits per heavy atom. The summed E-state index contributed by atoms with van der Waals surface area (Å²) in [6.45, 7) is 8.52. The SMILES string of the molecule is C/C(=N\c1ccccc1C)SC(C)C. The van der Waals surface area contributed by atoms with Gasteiger partial charge in [0.15, 0.2) is 0 Å². The van der Waals surface area contributed by atoms with Crippen molar-refractivity contribution in [3.63, 3.8) is 0 Å². The number of benzene rings is 1. The molecule has 0 bridgehead atoms. The third kappa shape index (κ3) is 3.54. The van der Waals surface area contributed by atoms with Crippen molar-refractivity contribution in [1.29, 1.82) is 0 Å². The Morgan fingerprint density at radius 1 is 1.29 bits per heavy atom. The highest BCUT2D eigenvalue weighted by molar-refractivity contribution is 8.14. The average Bonchev–Trinajstić information content (AvgIpc) is 2.07. The maximum atomic E-state index is 4.58. The van der Waals surface area contributed by atoms with Crippen molar-refractivity contribution in [2.75, 3.05) is 0 Å². The third-order valence-corrected chi connectivity index (χ3v) is 2.70. The molecule has 0 saturated heterocycles. The first-order chi connectivity index (χ1) is 6.59. The monoisotopic (exact) mass is 207 g/mol. The normalized spacial score (nSPS) is 12.2. The second-order valence-corrected chi connectivity index (χ2v) is 5.35. The molecule has 14 heavy (non-hydrogen) atoms. The number of aliphatic imine (C=N–C) groups is 1. The third-order valence-electron chi connectivity index (χ3n) is 1.80. The number of hydrogen-bond donors (Lipinski definition) is 0. The molecule has 0 aliphatic heterocycles. The lowest BCUT2D eigenvalue weighted by Gasteiger charge is -2.05. The van der Waals surface area contributed by atoms with Crippen LogP contribution in [0.25, 0.3) is 0 Å². The first kappa shape index (κ1) is 11.3. The van der Waals surface area contributed by atoms with Crippen molar-refractivity contribution >= 4 is 22.5 Å². The van der Waals surface area contributed by atoms with Gasteiger partial charge in [-0.2, -0.15) is 0 Å². The van der Waals surface area contributed by atoms with Gasteiger partial charge in [-0.3, -0.25) is 0 Å². The summed E-state index contributed by atoms with van der Waals surface area (Å²) in [5.41, 5.74) is 2.31. The molecule has 0 aliphatic carbocycles. The van der Waals surface area contributed by atoms with E-state index in [1.807, 2.05) is 23.9 Å². The van der Waals surface area contributed by atoms with Crippen molar-refractivity contribution in [2.45, 2.75) is 32.9 Å². The van der Waals surface area contributed by atoms with Gasteiger partial charge >= 0.3 is 0 Å². The van der Waals surface area contributed by atoms with Crippen molar-refractivity contribution in [2.24, 2.45) is 4.99 Å². The van der Waals surface area contributed by atoms with Gasteiger partial charge in [0.1, 0.15) is 0 Å². The molecule has 0 amide bonds. The molecule has 0 saturated carbocycles. The van der Waals surface area contributed by atoms with Crippen LogP contribution in [0.2, 0.25) is 0 Å². The number of nitrogens with zero attached hydrogens (tertiary/aromatic N) is 1. The topological polar surface area (TPSA) is 12.4 Å². The van der Waals surface area contributed by atoms with E-state index >= 15 is 0 Å².